The number of hydrogen-bond donors (Lipinski definition) is 1. The molecule has 0 spiro atoms. The number of fused-ring (bicyclic) bond motifs is 3. The van der Waals surface area contributed by atoms with Crippen LogP contribution in [0.4, 0.5) is 0 Å². The number of aromatic hydroxyl groups is 1. The fraction of sp³-hybridized carbons (Fsp3) is 0.136. The molecule has 6 heteroatoms. The lowest BCUT2D eigenvalue weighted by molar-refractivity contribution is 0.350. The maximum atomic E-state index is 9.69. The minimum absolute atomic E-state index is 0.217. The van der Waals surface area contributed by atoms with Crippen LogP contribution in [-0.2, 0) is 6.42 Å². The Morgan fingerprint density at radius 3 is 2.57 bits per heavy atom. The third kappa shape index (κ3) is 2.70. The number of oxazole rings is 1. The molecule has 28 heavy (non-hydrogen) atoms. The fourth-order valence-electron chi connectivity index (χ4n) is 3.64. The number of phenolic OH excluding ortho intramolecular Hbond substituents is 1. The van der Waals surface area contributed by atoms with Crippen molar-refractivity contribution in [2.75, 3.05) is 0 Å². The van der Waals surface area contributed by atoms with Crippen molar-refractivity contribution in [3.05, 3.63) is 89.5 Å². The topological polar surface area (TPSA) is 84.7 Å². The second-order valence-corrected chi connectivity index (χ2v) is 6.72. The predicted molar refractivity (Wildman–Crippen MR) is 103 cm³/mol. The van der Waals surface area contributed by atoms with Crippen molar-refractivity contribution < 1.29 is 14.0 Å². The molecule has 0 bridgehead atoms. The quantitative estimate of drug-likeness (QED) is 0.574. The molecule has 1 aliphatic heterocycles. The zero-order valence-corrected chi connectivity index (χ0v) is 15.2. The van der Waals surface area contributed by atoms with Crippen LogP contribution in [0.2, 0.25) is 0 Å². The van der Waals surface area contributed by atoms with Gasteiger partial charge in [0.25, 0.3) is 0 Å². The van der Waals surface area contributed by atoms with E-state index in [1.165, 1.54) is 0 Å². The smallest absolute Gasteiger partial charge is 0.196 e. The summed E-state index contributed by atoms with van der Waals surface area (Å²) >= 11 is 0. The van der Waals surface area contributed by atoms with Gasteiger partial charge in [0.2, 0.25) is 0 Å². The van der Waals surface area contributed by atoms with Crippen LogP contribution >= 0.6 is 0 Å². The Morgan fingerprint density at radius 1 is 1.04 bits per heavy atom. The average Bonchev–Trinajstić information content (AvgIpc) is 3.32. The van der Waals surface area contributed by atoms with Gasteiger partial charge >= 0.3 is 0 Å². The van der Waals surface area contributed by atoms with E-state index in [4.69, 9.17) is 13.9 Å². The van der Waals surface area contributed by atoms with Gasteiger partial charge in [-0.2, -0.15) is 0 Å². The van der Waals surface area contributed by atoms with E-state index in [0.29, 0.717) is 18.1 Å². The number of aromatic nitrogens is 2. The van der Waals surface area contributed by atoms with E-state index in [2.05, 4.69) is 16.2 Å². The molecule has 1 atom stereocenters. The minimum Gasteiger partial charge on any atom is -0.508 e. The number of aryl methyl sites for hydroxylation is 1. The van der Waals surface area contributed by atoms with E-state index in [1.54, 1.807) is 24.6 Å². The summed E-state index contributed by atoms with van der Waals surface area (Å²) in [5, 5.41) is 13.9. The normalized spacial score (nSPS) is 15.5. The monoisotopic (exact) mass is 371 g/mol. The van der Waals surface area contributed by atoms with Crippen LogP contribution in [0.25, 0.3) is 11.1 Å². The summed E-state index contributed by atoms with van der Waals surface area (Å²) < 4.78 is 11.2. The second kappa shape index (κ2) is 6.49. The standard InChI is InChI=1S/C22H17N3O3/c1-13-20-16-4-2-3-5-17(16)21(14-6-8-15(26)9-7-14)24-18(22(20)28-25-13)12-19-23-10-11-27-19/h2-11,18,26H,12H2,1H3/t18-/m0/s1. The first-order valence-corrected chi connectivity index (χ1v) is 9.02. The van der Waals surface area contributed by atoms with Crippen LogP contribution < -0.4 is 0 Å². The Balaban J connectivity index is 1.75. The third-order valence-corrected chi connectivity index (χ3v) is 4.92. The molecule has 2 aromatic carbocycles. The van der Waals surface area contributed by atoms with Gasteiger partial charge in [-0.15, -0.1) is 0 Å². The van der Waals surface area contributed by atoms with Crippen molar-refractivity contribution in [3.8, 4) is 16.9 Å². The van der Waals surface area contributed by atoms with E-state index < -0.39 is 0 Å². The lowest BCUT2D eigenvalue weighted by Crippen LogP contribution is -2.07. The lowest BCUT2D eigenvalue weighted by atomic mass is 9.93. The summed E-state index contributed by atoms with van der Waals surface area (Å²) in [6.07, 6.45) is 3.64. The van der Waals surface area contributed by atoms with Crippen LogP contribution in [0.5, 0.6) is 5.75 Å². The van der Waals surface area contributed by atoms with Gasteiger partial charge < -0.3 is 14.0 Å². The molecule has 0 aliphatic carbocycles. The van der Waals surface area contributed by atoms with Crippen LogP contribution in [0.3, 0.4) is 0 Å². The zero-order chi connectivity index (χ0) is 19.1. The van der Waals surface area contributed by atoms with Crippen molar-refractivity contribution in [2.24, 2.45) is 4.99 Å². The highest BCUT2D eigenvalue weighted by Gasteiger charge is 2.31. The maximum Gasteiger partial charge on any atom is 0.196 e. The van der Waals surface area contributed by atoms with Crippen LogP contribution in [0.15, 0.2) is 74.9 Å². The van der Waals surface area contributed by atoms with E-state index >= 15 is 0 Å². The molecule has 4 aromatic rings. The number of aliphatic imine (C=N–C) groups is 1. The Bertz CT molecular complexity index is 1160. The zero-order valence-electron chi connectivity index (χ0n) is 15.2. The van der Waals surface area contributed by atoms with Crippen molar-refractivity contribution >= 4 is 5.71 Å². The minimum atomic E-state index is -0.328. The molecule has 0 saturated heterocycles. The highest BCUT2D eigenvalue weighted by atomic mass is 16.5. The third-order valence-electron chi connectivity index (χ3n) is 4.92. The Kier molecular flexibility index (Phi) is 3.83. The summed E-state index contributed by atoms with van der Waals surface area (Å²) in [7, 11) is 0. The Morgan fingerprint density at radius 2 is 1.82 bits per heavy atom. The number of benzene rings is 2. The van der Waals surface area contributed by atoms with E-state index in [0.717, 1.165) is 33.7 Å². The first-order valence-electron chi connectivity index (χ1n) is 9.02. The largest absolute Gasteiger partial charge is 0.508 e. The fourth-order valence-corrected chi connectivity index (χ4v) is 3.64. The van der Waals surface area contributed by atoms with Gasteiger partial charge in [0.1, 0.15) is 18.1 Å². The number of hydrogen-bond acceptors (Lipinski definition) is 6. The highest BCUT2D eigenvalue weighted by molar-refractivity contribution is 6.17. The molecule has 0 radical (unpaired) electrons. The molecule has 3 heterocycles. The summed E-state index contributed by atoms with van der Waals surface area (Å²) in [5.41, 5.74) is 5.55. The molecular weight excluding hydrogens is 354 g/mol. The van der Waals surface area contributed by atoms with Crippen molar-refractivity contribution in [2.45, 2.75) is 19.4 Å². The van der Waals surface area contributed by atoms with E-state index in [-0.39, 0.29) is 11.8 Å². The van der Waals surface area contributed by atoms with Gasteiger partial charge in [-0.25, -0.2) is 4.98 Å². The number of nitrogens with zero attached hydrogens (tertiary/aromatic N) is 3. The molecule has 1 N–H and O–H groups in total. The van der Waals surface area contributed by atoms with Gasteiger partial charge in [-0.1, -0.05) is 29.4 Å². The van der Waals surface area contributed by atoms with E-state index in [1.807, 2.05) is 37.3 Å². The van der Waals surface area contributed by atoms with Gasteiger partial charge in [-0.05, 0) is 36.8 Å². The molecule has 0 unspecified atom stereocenters. The van der Waals surface area contributed by atoms with Gasteiger partial charge in [-0.3, -0.25) is 4.99 Å². The molecule has 0 fully saturated rings. The SMILES string of the molecule is Cc1noc2c1-c1ccccc1C(c1ccc(O)cc1)=N[C@H]2Cc1ncco1. The van der Waals surface area contributed by atoms with E-state index in [9.17, 15) is 5.11 Å². The second-order valence-electron chi connectivity index (χ2n) is 6.72. The van der Waals surface area contributed by atoms with Crippen molar-refractivity contribution in [1.82, 2.24) is 10.1 Å². The summed E-state index contributed by atoms with van der Waals surface area (Å²) in [4.78, 5) is 9.30. The molecular formula is C22H17N3O3. The molecule has 0 amide bonds. The first-order chi connectivity index (χ1) is 13.7. The van der Waals surface area contributed by atoms with Gasteiger partial charge in [0, 0.05) is 11.1 Å². The summed E-state index contributed by atoms with van der Waals surface area (Å²) in [5.74, 6) is 1.51. The first kappa shape index (κ1) is 16.5. The lowest BCUT2D eigenvalue weighted by Gasteiger charge is -2.11. The molecule has 2 aromatic heterocycles. The van der Waals surface area contributed by atoms with Crippen LogP contribution in [-0.4, -0.2) is 21.0 Å². The number of phenols is 1. The average molecular weight is 371 g/mol. The maximum absolute atomic E-state index is 9.69. The molecule has 6 nitrogen and oxygen atoms in total. The Hall–Kier alpha value is -3.67. The Labute approximate surface area is 161 Å². The predicted octanol–water partition coefficient (Wildman–Crippen LogP) is 4.48. The van der Waals surface area contributed by atoms with Gasteiger partial charge in [0.15, 0.2) is 11.7 Å². The van der Waals surface area contributed by atoms with Crippen molar-refractivity contribution in [1.29, 1.82) is 0 Å². The molecule has 0 saturated carbocycles. The van der Waals surface area contributed by atoms with Gasteiger partial charge in [0.05, 0.1) is 29.6 Å². The molecule has 1 aliphatic rings. The summed E-state index contributed by atoms with van der Waals surface area (Å²) in [6, 6.07) is 14.8. The molecule has 138 valence electrons. The molecule has 5 rings (SSSR count). The van der Waals surface area contributed by atoms with Crippen molar-refractivity contribution in [3.63, 3.8) is 0 Å². The number of rotatable bonds is 3. The highest BCUT2D eigenvalue weighted by Crippen LogP contribution is 2.40. The summed E-state index contributed by atoms with van der Waals surface area (Å²) in [6.45, 7) is 1.94. The van der Waals surface area contributed by atoms with Crippen LogP contribution in [0.1, 0.15) is 34.5 Å². The van der Waals surface area contributed by atoms with Crippen LogP contribution in [0, 0.1) is 6.92 Å².